The van der Waals surface area contributed by atoms with Crippen LogP contribution in [-0.2, 0) is 16.2 Å². The molecule has 0 radical (unpaired) electrons. The van der Waals surface area contributed by atoms with Gasteiger partial charge in [0.15, 0.2) is 16.1 Å². The van der Waals surface area contributed by atoms with Crippen LogP contribution in [0.1, 0.15) is 95.9 Å². The van der Waals surface area contributed by atoms with E-state index >= 15 is 0 Å². The lowest BCUT2D eigenvalue weighted by Crippen LogP contribution is -2.74. The van der Waals surface area contributed by atoms with E-state index in [0.717, 1.165) is 79.1 Å². The summed E-state index contributed by atoms with van der Waals surface area (Å²) in [7, 11) is -5.57. The van der Waals surface area contributed by atoms with Gasteiger partial charge in [0, 0.05) is 73.2 Å². The van der Waals surface area contributed by atoms with Gasteiger partial charge in [-0.1, -0.05) is 278 Å². The Balaban J connectivity index is 0.722. The highest BCUT2D eigenvalue weighted by Gasteiger charge is 2.62. The van der Waals surface area contributed by atoms with Crippen LogP contribution in [0.2, 0.25) is 0 Å². The summed E-state index contributed by atoms with van der Waals surface area (Å²) in [5.74, 6) is 2.58. The molecule has 0 saturated heterocycles. The minimum absolute atomic E-state index is 0.0585. The topological polar surface area (TPSA) is 32.8 Å². The molecular weight excluding hydrogens is 1340 g/mol. The molecule has 4 bridgehead atoms. The minimum Gasteiger partial charge on any atom is -0.456 e. The largest absolute Gasteiger partial charge is 0.456 e. The Labute approximate surface area is 636 Å². The number of furan rings is 2. The van der Waals surface area contributed by atoms with Crippen molar-refractivity contribution in [1.82, 2.24) is 0 Å². The van der Waals surface area contributed by atoms with Gasteiger partial charge in [-0.3, -0.25) is 0 Å². The van der Waals surface area contributed by atoms with Gasteiger partial charge in [0.2, 0.25) is 0 Å². The third-order valence-corrected chi connectivity index (χ3v) is 35.2. The first-order valence-corrected chi connectivity index (χ1v) is 43.1. The predicted octanol–water partition coefficient (Wildman–Crippen LogP) is 21.5. The number of fused-ring (bicyclic) bond motifs is 10. The van der Waals surface area contributed by atoms with Gasteiger partial charge < -0.3 is 18.6 Å². The van der Waals surface area contributed by atoms with Crippen molar-refractivity contribution in [3.63, 3.8) is 0 Å². The maximum Gasteiger partial charge on any atom is 0.179 e. The Hall–Kier alpha value is -11.3. The predicted molar refractivity (Wildman–Crippen MR) is 458 cm³/mol. The Morgan fingerprint density at radius 2 is 0.639 bits per heavy atom. The second-order valence-corrected chi connectivity index (χ2v) is 41.2. The number of hydrogen-bond donors (Lipinski definition) is 0. The summed E-state index contributed by atoms with van der Waals surface area (Å²) in [5, 5.41) is 15.6. The van der Waals surface area contributed by atoms with Gasteiger partial charge in [-0.05, 0) is 232 Å². The fourth-order valence-corrected chi connectivity index (χ4v) is 30.5. The molecule has 4 fully saturated rings. The lowest BCUT2D eigenvalue weighted by molar-refractivity contribution is -0.0393. The van der Waals surface area contributed by atoms with E-state index in [0.29, 0.717) is 11.8 Å². The average Bonchev–Trinajstić information content (AvgIpc) is 1.48. The van der Waals surface area contributed by atoms with Gasteiger partial charge >= 0.3 is 0 Å². The molecule has 526 valence electrons. The summed E-state index contributed by atoms with van der Waals surface area (Å²) in [6.45, 7) is 13.9. The molecule has 0 atom stereocenters. The number of hydrogen-bond acceptors (Lipinski definition) is 4. The van der Waals surface area contributed by atoms with Crippen molar-refractivity contribution in [2.45, 2.75) is 89.9 Å². The molecule has 5 aliphatic carbocycles. The zero-order valence-corrected chi connectivity index (χ0v) is 64.4. The van der Waals surface area contributed by atoms with E-state index in [4.69, 9.17) is 8.83 Å². The SMILES string of the molecule is CC(C)(C)c1cccc(N(c2ccc([Si](c3ccccc3)(c3ccccc3)c3ccccc3)cc2)c2ccc3c(c2)oc2cc4c(cc23)-c2ccc3oc5cc(N(c6ccc([Si](c7ccccc7)(c7ccccc7)c7ccccc7)cc6)c6cccc(C(C)(C)C)c6)ccc5c3c2C42C3CC4CC(C3)CC2C4)c1. The van der Waals surface area contributed by atoms with E-state index < -0.39 is 16.1 Å². The second-order valence-electron chi connectivity index (χ2n) is 33.6. The molecule has 1 spiro atoms. The van der Waals surface area contributed by atoms with Crippen LogP contribution in [0.3, 0.4) is 0 Å². The third-order valence-electron chi connectivity index (χ3n) is 25.6. The number of nitrogens with zero attached hydrogens (tertiary/aromatic N) is 2. The van der Waals surface area contributed by atoms with Crippen LogP contribution in [0.4, 0.5) is 34.1 Å². The van der Waals surface area contributed by atoms with Crippen molar-refractivity contribution >= 4 is 136 Å². The zero-order chi connectivity index (χ0) is 72.7. The number of rotatable bonds is 14. The summed E-state index contributed by atoms with van der Waals surface area (Å²) in [6.07, 6.45) is 6.42. The van der Waals surface area contributed by atoms with Crippen LogP contribution >= 0.6 is 0 Å². The minimum atomic E-state index is -2.79. The van der Waals surface area contributed by atoms with E-state index in [-0.39, 0.29) is 16.2 Å². The van der Waals surface area contributed by atoms with Crippen LogP contribution in [0.25, 0.3) is 55.0 Å². The van der Waals surface area contributed by atoms with Crippen LogP contribution in [0, 0.1) is 23.7 Å². The molecule has 2 heterocycles. The molecule has 0 N–H and O–H groups in total. The molecule has 0 unspecified atom stereocenters. The van der Waals surface area contributed by atoms with Crippen LogP contribution in [0.15, 0.2) is 349 Å². The maximum atomic E-state index is 7.43. The average molecular weight is 1430 g/mol. The lowest BCUT2D eigenvalue weighted by Gasteiger charge is -2.61. The Kier molecular flexibility index (Phi) is 15.6. The highest BCUT2D eigenvalue weighted by Crippen LogP contribution is 2.71. The number of benzene rings is 14. The summed E-state index contributed by atoms with van der Waals surface area (Å²) < 4.78 is 14.8. The van der Waals surface area contributed by atoms with Gasteiger partial charge in [0.1, 0.15) is 22.3 Å². The standard InChI is InChI=1S/C102H88N2O2Si2/c1-100(2,3)70-27-25-29-76(62-70)103(74-43-49-86(50-44-74)107(80-31-13-7-14-32-80,81-33-15-8-16-34-81)82-35-17-9-18-36-82)78-47-53-88-92-66-91-89-55-56-94-98(99(89)102(93(91)67-97(92)106-95(88)64-78)72-58-68-57-69(60-72)61-73(102)59-68)90-54-48-79(65-96(90)105-94)104(77-30-26-28-71(63-77)101(4,5)6)75-45-51-87(52-46-75)108(83-37-19-10-20-38-83,84-39-21-11-22-40-84)85-41-23-12-24-42-85/h7-56,62-69,72-73H,57-61H2,1-6H3. The fraction of sp³-hybridized carbons (Fsp3) is 0.176. The third kappa shape index (κ3) is 10.3. The van der Waals surface area contributed by atoms with Gasteiger partial charge in [-0.2, -0.15) is 0 Å². The second kappa shape index (κ2) is 25.4. The van der Waals surface area contributed by atoms with Crippen LogP contribution in [-0.4, -0.2) is 16.1 Å². The highest BCUT2D eigenvalue weighted by molar-refractivity contribution is 7.20. The Morgan fingerprint density at radius 3 is 1.05 bits per heavy atom. The first-order chi connectivity index (χ1) is 52.7. The van der Waals surface area contributed by atoms with E-state index in [2.05, 4.69) is 391 Å². The van der Waals surface area contributed by atoms with E-state index in [1.54, 1.807) is 0 Å². The molecule has 4 nitrogen and oxygen atoms in total. The molecule has 14 aromatic carbocycles. The van der Waals surface area contributed by atoms with Crippen LogP contribution < -0.4 is 51.3 Å². The van der Waals surface area contributed by atoms with Gasteiger partial charge in [0.05, 0.1) is 0 Å². The monoisotopic (exact) mass is 1430 g/mol. The summed E-state index contributed by atoms with van der Waals surface area (Å²) in [6, 6.07) is 129. The molecule has 6 heteroatoms. The normalized spacial score (nSPS) is 18.1. The zero-order valence-electron chi connectivity index (χ0n) is 62.4. The molecule has 21 rings (SSSR count). The van der Waals surface area contributed by atoms with Crippen molar-refractivity contribution in [3.05, 3.63) is 362 Å². The number of anilines is 6. The van der Waals surface area contributed by atoms with Gasteiger partial charge in [-0.25, -0.2) is 0 Å². The Bertz CT molecular complexity index is 5860. The quantitative estimate of drug-likeness (QED) is 0.0802. The first-order valence-electron chi connectivity index (χ1n) is 39.1. The molecule has 108 heavy (non-hydrogen) atoms. The van der Waals surface area contributed by atoms with Gasteiger partial charge in [0.25, 0.3) is 0 Å². The lowest BCUT2D eigenvalue weighted by atomic mass is 9.43. The molecule has 5 aliphatic rings. The molecule has 2 aromatic heterocycles. The van der Waals surface area contributed by atoms with E-state index in [9.17, 15) is 0 Å². The summed E-state index contributed by atoms with van der Waals surface area (Å²) in [4.78, 5) is 4.90. The van der Waals surface area contributed by atoms with E-state index in [1.165, 1.54) is 118 Å². The van der Waals surface area contributed by atoms with E-state index in [1.807, 2.05) is 0 Å². The molecule has 0 amide bonds. The maximum absolute atomic E-state index is 7.43. The highest BCUT2D eigenvalue weighted by atomic mass is 28.3. The smallest absolute Gasteiger partial charge is 0.179 e. The molecular formula is C102H88N2O2Si2. The molecule has 0 aliphatic heterocycles. The van der Waals surface area contributed by atoms with Crippen molar-refractivity contribution in [2.75, 3.05) is 9.80 Å². The summed E-state index contributed by atoms with van der Waals surface area (Å²) in [5.41, 5.74) is 18.2. The van der Waals surface area contributed by atoms with Gasteiger partial charge in [-0.15, -0.1) is 0 Å². The van der Waals surface area contributed by atoms with Crippen molar-refractivity contribution < 1.29 is 8.83 Å². The molecule has 4 saturated carbocycles. The fourth-order valence-electron chi connectivity index (χ4n) is 21.0. The van der Waals surface area contributed by atoms with Crippen LogP contribution in [0.5, 0.6) is 0 Å². The van der Waals surface area contributed by atoms with Crippen molar-refractivity contribution in [3.8, 4) is 11.1 Å². The van der Waals surface area contributed by atoms with Crippen molar-refractivity contribution in [2.24, 2.45) is 23.7 Å². The van der Waals surface area contributed by atoms with Crippen molar-refractivity contribution in [1.29, 1.82) is 0 Å². The first kappa shape index (κ1) is 66.2. The summed E-state index contributed by atoms with van der Waals surface area (Å²) >= 11 is 0. The Morgan fingerprint density at radius 1 is 0.287 bits per heavy atom. The molecule has 16 aromatic rings.